The van der Waals surface area contributed by atoms with Crippen molar-refractivity contribution in [3.63, 3.8) is 0 Å². The number of carbonyl (C=O) groups excluding carboxylic acids is 1. The molecular weight excluding hydrogens is 226 g/mol. The lowest BCUT2D eigenvalue weighted by atomic mass is 10.0. The van der Waals surface area contributed by atoms with E-state index in [1.54, 1.807) is 6.92 Å². The van der Waals surface area contributed by atoms with Crippen LogP contribution in [0, 0.1) is 0 Å². The fourth-order valence-corrected chi connectivity index (χ4v) is 1.95. The Kier molecular flexibility index (Phi) is 5.86. The molecule has 0 aliphatic carbocycles. The minimum atomic E-state index is -0.428. The van der Waals surface area contributed by atoms with Gasteiger partial charge in [0.25, 0.3) is 0 Å². The number of carbonyl (C=O) groups is 1. The molecule has 3 heteroatoms. The average Bonchev–Trinajstić information content (AvgIpc) is 2.36. The summed E-state index contributed by atoms with van der Waals surface area (Å²) in [4.78, 5) is 11.8. The molecule has 1 unspecified atom stereocenters. The Hall–Kier alpha value is -1.35. The summed E-state index contributed by atoms with van der Waals surface area (Å²) in [5, 5.41) is 12.2. The zero-order chi connectivity index (χ0) is 13.5. The highest BCUT2D eigenvalue weighted by atomic mass is 16.3. The van der Waals surface area contributed by atoms with Crippen LogP contribution >= 0.6 is 0 Å². The molecule has 100 valence electrons. The summed E-state index contributed by atoms with van der Waals surface area (Å²) < 4.78 is 0. The molecule has 18 heavy (non-hydrogen) atoms. The summed E-state index contributed by atoms with van der Waals surface area (Å²) in [6.45, 7) is 5.87. The number of benzene rings is 1. The van der Waals surface area contributed by atoms with Gasteiger partial charge in [0.05, 0.1) is 6.10 Å². The molecule has 0 aliphatic rings. The van der Waals surface area contributed by atoms with Gasteiger partial charge in [-0.2, -0.15) is 0 Å². The predicted molar refractivity (Wildman–Crippen MR) is 74.7 cm³/mol. The minimum absolute atomic E-state index is 0.0218. The number of aliphatic hydroxyl groups excluding tert-OH is 1. The van der Waals surface area contributed by atoms with Gasteiger partial charge in [-0.15, -0.1) is 0 Å². The Morgan fingerprint density at radius 1 is 1.28 bits per heavy atom. The monoisotopic (exact) mass is 249 g/mol. The zero-order valence-corrected chi connectivity index (χ0v) is 11.5. The van der Waals surface area contributed by atoms with Crippen LogP contribution in [0.4, 0.5) is 5.69 Å². The molecule has 0 aromatic heterocycles. The number of rotatable bonds is 6. The van der Waals surface area contributed by atoms with Crippen LogP contribution in [-0.4, -0.2) is 17.1 Å². The number of hydrogen-bond acceptors (Lipinski definition) is 2. The highest BCUT2D eigenvalue weighted by Gasteiger charge is 2.10. The van der Waals surface area contributed by atoms with Crippen molar-refractivity contribution in [1.82, 2.24) is 0 Å². The fourth-order valence-electron chi connectivity index (χ4n) is 1.95. The fraction of sp³-hybridized carbons (Fsp3) is 0.533. The standard InChI is InChI=1S/C15H23NO2/c1-4-12-7-6-8-13(5-2)15(12)16-14(18)10-9-11(3)17/h6-8,11,17H,4-5,9-10H2,1-3H3,(H,16,18). The van der Waals surface area contributed by atoms with Gasteiger partial charge in [-0.1, -0.05) is 32.0 Å². The van der Waals surface area contributed by atoms with Crippen LogP contribution < -0.4 is 5.32 Å². The van der Waals surface area contributed by atoms with Gasteiger partial charge < -0.3 is 10.4 Å². The molecule has 0 spiro atoms. The number of hydrogen-bond donors (Lipinski definition) is 2. The van der Waals surface area contributed by atoms with E-state index in [-0.39, 0.29) is 5.91 Å². The second-order valence-corrected chi connectivity index (χ2v) is 4.59. The van der Waals surface area contributed by atoms with Crippen LogP contribution in [0.1, 0.15) is 44.7 Å². The normalized spacial score (nSPS) is 12.2. The van der Waals surface area contributed by atoms with Crippen molar-refractivity contribution in [1.29, 1.82) is 0 Å². The van der Waals surface area contributed by atoms with E-state index in [1.807, 2.05) is 18.2 Å². The molecule has 1 amide bonds. The van der Waals surface area contributed by atoms with Crippen molar-refractivity contribution < 1.29 is 9.90 Å². The van der Waals surface area contributed by atoms with Gasteiger partial charge in [-0.25, -0.2) is 0 Å². The average molecular weight is 249 g/mol. The van der Waals surface area contributed by atoms with Gasteiger partial charge in [0.1, 0.15) is 0 Å². The lowest BCUT2D eigenvalue weighted by Crippen LogP contribution is -2.16. The molecule has 3 nitrogen and oxygen atoms in total. The summed E-state index contributed by atoms with van der Waals surface area (Å²) in [6.07, 6.45) is 2.24. The molecule has 0 bridgehead atoms. The molecule has 0 saturated carbocycles. The van der Waals surface area contributed by atoms with Crippen LogP contribution in [-0.2, 0) is 17.6 Å². The van der Waals surface area contributed by atoms with Crippen molar-refractivity contribution >= 4 is 11.6 Å². The van der Waals surface area contributed by atoms with E-state index in [1.165, 1.54) is 11.1 Å². The second-order valence-electron chi connectivity index (χ2n) is 4.59. The lowest BCUT2D eigenvalue weighted by molar-refractivity contribution is -0.116. The summed E-state index contributed by atoms with van der Waals surface area (Å²) in [7, 11) is 0. The van der Waals surface area contributed by atoms with E-state index in [2.05, 4.69) is 19.2 Å². The third-order valence-corrected chi connectivity index (χ3v) is 3.05. The molecule has 2 N–H and O–H groups in total. The molecular formula is C15H23NO2. The number of amides is 1. The number of aliphatic hydroxyl groups is 1. The molecule has 0 radical (unpaired) electrons. The quantitative estimate of drug-likeness (QED) is 0.814. The highest BCUT2D eigenvalue weighted by Crippen LogP contribution is 2.22. The largest absolute Gasteiger partial charge is 0.393 e. The Balaban J connectivity index is 2.79. The van der Waals surface area contributed by atoms with Crippen molar-refractivity contribution in [3.8, 4) is 0 Å². The van der Waals surface area contributed by atoms with Crippen LogP contribution in [0.3, 0.4) is 0 Å². The topological polar surface area (TPSA) is 49.3 Å². The third-order valence-electron chi connectivity index (χ3n) is 3.05. The summed E-state index contributed by atoms with van der Waals surface area (Å²) >= 11 is 0. The predicted octanol–water partition coefficient (Wildman–Crippen LogP) is 2.91. The van der Waals surface area contributed by atoms with Gasteiger partial charge in [-0.3, -0.25) is 4.79 Å². The molecule has 1 aromatic rings. The Bertz CT molecular complexity index is 377. The van der Waals surface area contributed by atoms with Gasteiger partial charge in [0.2, 0.25) is 5.91 Å². The van der Waals surface area contributed by atoms with E-state index in [4.69, 9.17) is 0 Å². The zero-order valence-electron chi connectivity index (χ0n) is 11.5. The van der Waals surface area contributed by atoms with E-state index in [0.717, 1.165) is 18.5 Å². The van der Waals surface area contributed by atoms with Crippen LogP contribution in [0.25, 0.3) is 0 Å². The van der Waals surface area contributed by atoms with Crippen molar-refractivity contribution in [3.05, 3.63) is 29.3 Å². The summed E-state index contributed by atoms with van der Waals surface area (Å²) in [5.74, 6) is -0.0218. The van der Waals surface area contributed by atoms with Gasteiger partial charge >= 0.3 is 0 Å². The maximum absolute atomic E-state index is 11.8. The smallest absolute Gasteiger partial charge is 0.224 e. The molecule has 1 aromatic carbocycles. The maximum atomic E-state index is 11.8. The first kappa shape index (κ1) is 14.7. The van der Waals surface area contributed by atoms with E-state index in [9.17, 15) is 9.90 Å². The van der Waals surface area contributed by atoms with Gasteiger partial charge in [0.15, 0.2) is 0 Å². The number of anilines is 1. The molecule has 1 rings (SSSR count). The molecule has 0 aliphatic heterocycles. The van der Waals surface area contributed by atoms with Gasteiger partial charge in [-0.05, 0) is 37.3 Å². The number of nitrogens with one attached hydrogen (secondary N) is 1. The van der Waals surface area contributed by atoms with Crippen LogP contribution in [0.2, 0.25) is 0 Å². The molecule has 0 heterocycles. The first-order valence-corrected chi connectivity index (χ1v) is 6.67. The first-order valence-electron chi connectivity index (χ1n) is 6.67. The molecule has 0 saturated heterocycles. The number of para-hydroxylation sites is 1. The van der Waals surface area contributed by atoms with Crippen molar-refractivity contribution in [2.45, 2.75) is 52.6 Å². The SMILES string of the molecule is CCc1cccc(CC)c1NC(=O)CCC(C)O. The Morgan fingerprint density at radius 3 is 2.28 bits per heavy atom. The Labute approximate surface area is 109 Å². The number of aryl methyl sites for hydroxylation is 2. The van der Waals surface area contributed by atoms with Gasteiger partial charge in [0, 0.05) is 12.1 Å². The highest BCUT2D eigenvalue weighted by molar-refractivity contribution is 5.92. The lowest BCUT2D eigenvalue weighted by Gasteiger charge is -2.14. The first-order chi connectivity index (χ1) is 8.58. The minimum Gasteiger partial charge on any atom is -0.393 e. The second kappa shape index (κ2) is 7.17. The van der Waals surface area contributed by atoms with Crippen LogP contribution in [0.15, 0.2) is 18.2 Å². The van der Waals surface area contributed by atoms with Crippen molar-refractivity contribution in [2.75, 3.05) is 5.32 Å². The van der Waals surface area contributed by atoms with E-state index < -0.39 is 6.10 Å². The van der Waals surface area contributed by atoms with E-state index in [0.29, 0.717) is 12.8 Å². The molecule has 1 atom stereocenters. The third kappa shape index (κ3) is 4.15. The van der Waals surface area contributed by atoms with Crippen LogP contribution in [0.5, 0.6) is 0 Å². The van der Waals surface area contributed by atoms with Crippen molar-refractivity contribution in [2.24, 2.45) is 0 Å². The summed E-state index contributed by atoms with van der Waals surface area (Å²) in [5.41, 5.74) is 3.29. The van der Waals surface area contributed by atoms with E-state index >= 15 is 0 Å². The Morgan fingerprint density at radius 2 is 1.83 bits per heavy atom. The summed E-state index contributed by atoms with van der Waals surface area (Å²) in [6, 6.07) is 6.12. The maximum Gasteiger partial charge on any atom is 0.224 e. The molecule has 0 fully saturated rings.